The van der Waals surface area contributed by atoms with Crippen molar-refractivity contribution >= 4 is 0 Å². The summed E-state index contributed by atoms with van der Waals surface area (Å²) in [6.45, 7) is 12.0. The summed E-state index contributed by atoms with van der Waals surface area (Å²) in [5.41, 5.74) is 3.06. The Hall–Kier alpha value is -0.980. The van der Waals surface area contributed by atoms with E-state index in [1.54, 1.807) is 0 Å². The number of hydrogen-bond donors (Lipinski definition) is 0. The summed E-state index contributed by atoms with van der Waals surface area (Å²) in [5, 5.41) is 0. The van der Waals surface area contributed by atoms with Crippen LogP contribution in [-0.2, 0) is 10.8 Å². The normalized spacial score (nSPS) is 18.5. The van der Waals surface area contributed by atoms with Crippen LogP contribution < -0.4 is 4.74 Å². The molecule has 1 heterocycles. The molecule has 0 fully saturated rings. The molecule has 0 aromatic heterocycles. The second-order valence-electron chi connectivity index (χ2n) is 6.13. The van der Waals surface area contributed by atoms with E-state index in [-0.39, 0.29) is 10.8 Å². The highest BCUT2D eigenvalue weighted by Gasteiger charge is 2.32. The van der Waals surface area contributed by atoms with Crippen molar-refractivity contribution in [2.45, 2.75) is 45.4 Å². The van der Waals surface area contributed by atoms with Crippen LogP contribution in [0.15, 0.2) is 18.2 Å². The Morgan fingerprint density at radius 2 is 1.87 bits per heavy atom. The maximum absolute atomic E-state index is 5.75. The van der Waals surface area contributed by atoms with Gasteiger partial charge in [0.25, 0.3) is 0 Å². The van der Waals surface area contributed by atoms with Gasteiger partial charge in [0.2, 0.25) is 0 Å². The van der Waals surface area contributed by atoms with E-state index in [0.717, 1.165) is 12.4 Å². The SMILES string of the molecule is CC(C)(C)c1ccc2c(c1)OCC2(C)C. The molecule has 0 amide bonds. The van der Waals surface area contributed by atoms with E-state index >= 15 is 0 Å². The Morgan fingerprint density at radius 1 is 1.20 bits per heavy atom. The number of hydrogen-bond acceptors (Lipinski definition) is 1. The molecular formula is C14H20O. The summed E-state index contributed by atoms with van der Waals surface area (Å²) in [4.78, 5) is 0. The molecule has 15 heavy (non-hydrogen) atoms. The molecule has 82 valence electrons. The predicted molar refractivity (Wildman–Crippen MR) is 63.7 cm³/mol. The Bertz CT molecular complexity index is 383. The summed E-state index contributed by atoms with van der Waals surface area (Å²) >= 11 is 0. The van der Waals surface area contributed by atoms with Gasteiger partial charge in [0.15, 0.2) is 0 Å². The van der Waals surface area contributed by atoms with Crippen molar-refractivity contribution in [3.63, 3.8) is 0 Å². The molecular weight excluding hydrogens is 184 g/mol. The standard InChI is InChI=1S/C14H20O/c1-13(2,3)10-6-7-11-12(8-10)15-9-14(11,4)5/h6-8H,9H2,1-5H3. The highest BCUT2D eigenvalue weighted by Crippen LogP contribution is 2.40. The van der Waals surface area contributed by atoms with Gasteiger partial charge in [-0.2, -0.15) is 0 Å². The molecule has 1 aliphatic rings. The molecule has 1 nitrogen and oxygen atoms in total. The lowest BCUT2D eigenvalue weighted by molar-refractivity contribution is 0.290. The molecule has 2 rings (SSSR count). The van der Waals surface area contributed by atoms with E-state index in [1.165, 1.54) is 11.1 Å². The van der Waals surface area contributed by atoms with Crippen LogP contribution in [-0.4, -0.2) is 6.61 Å². The molecule has 0 saturated heterocycles. The van der Waals surface area contributed by atoms with Crippen molar-refractivity contribution < 1.29 is 4.74 Å². The minimum absolute atomic E-state index is 0.172. The van der Waals surface area contributed by atoms with Gasteiger partial charge in [0.1, 0.15) is 5.75 Å². The first-order chi connectivity index (χ1) is 6.81. The smallest absolute Gasteiger partial charge is 0.123 e. The molecule has 0 N–H and O–H groups in total. The second kappa shape index (κ2) is 3.01. The number of benzene rings is 1. The van der Waals surface area contributed by atoms with E-state index in [0.29, 0.717) is 0 Å². The Kier molecular flexibility index (Phi) is 2.11. The van der Waals surface area contributed by atoms with Gasteiger partial charge in [0.05, 0.1) is 6.61 Å². The third-order valence-corrected chi connectivity index (χ3v) is 3.17. The fraction of sp³-hybridized carbons (Fsp3) is 0.571. The summed E-state index contributed by atoms with van der Waals surface area (Å²) in [5.74, 6) is 1.08. The van der Waals surface area contributed by atoms with Crippen LogP contribution in [0, 0.1) is 0 Å². The maximum atomic E-state index is 5.75. The molecule has 0 aliphatic carbocycles. The molecule has 0 radical (unpaired) electrons. The van der Waals surface area contributed by atoms with E-state index in [9.17, 15) is 0 Å². The van der Waals surface area contributed by atoms with Crippen molar-refractivity contribution in [3.8, 4) is 5.75 Å². The molecule has 0 bridgehead atoms. The molecule has 1 aliphatic heterocycles. The lowest BCUT2D eigenvalue weighted by Crippen LogP contribution is -2.18. The number of ether oxygens (including phenoxy) is 1. The van der Waals surface area contributed by atoms with Gasteiger partial charge in [0, 0.05) is 11.0 Å². The summed E-state index contributed by atoms with van der Waals surface area (Å²) in [6, 6.07) is 6.66. The van der Waals surface area contributed by atoms with Crippen molar-refractivity contribution in [2.75, 3.05) is 6.61 Å². The summed E-state index contributed by atoms with van der Waals surface area (Å²) < 4.78 is 5.75. The van der Waals surface area contributed by atoms with Crippen LogP contribution in [0.25, 0.3) is 0 Å². The fourth-order valence-electron chi connectivity index (χ4n) is 2.00. The molecule has 1 aromatic rings. The zero-order chi connectivity index (χ0) is 11.3. The molecule has 0 unspecified atom stereocenters. The first-order valence-corrected chi connectivity index (χ1v) is 5.58. The Balaban J connectivity index is 2.47. The Labute approximate surface area is 92.5 Å². The number of fused-ring (bicyclic) bond motifs is 1. The summed E-state index contributed by atoms with van der Waals surface area (Å²) in [7, 11) is 0. The van der Waals surface area contributed by atoms with Crippen LogP contribution in [0.3, 0.4) is 0 Å². The third-order valence-electron chi connectivity index (χ3n) is 3.17. The van der Waals surface area contributed by atoms with Crippen molar-refractivity contribution in [1.82, 2.24) is 0 Å². The molecule has 1 heteroatoms. The van der Waals surface area contributed by atoms with Crippen molar-refractivity contribution in [3.05, 3.63) is 29.3 Å². The van der Waals surface area contributed by atoms with Crippen LogP contribution in [0.4, 0.5) is 0 Å². The largest absolute Gasteiger partial charge is 0.492 e. The first-order valence-electron chi connectivity index (χ1n) is 5.58. The highest BCUT2D eigenvalue weighted by atomic mass is 16.5. The van der Waals surface area contributed by atoms with Crippen molar-refractivity contribution in [1.29, 1.82) is 0 Å². The maximum Gasteiger partial charge on any atom is 0.123 e. The Morgan fingerprint density at radius 3 is 2.47 bits per heavy atom. The van der Waals surface area contributed by atoms with Crippen LogP contribution in [0.1, 0.15) is 45.7 Å². The van der Waals surface area contributed by atoms with Gasteiger partial charge in [-0.15, -0.1) is 0 Å². The second-order valence-corrected chi connectivity index (χ2v) is 6.13. The van der Waals surface area contributed by atoms with E-state index in [4.69, 9.17) is 4.74 Å². The van der Waals surface area contributed by atoms with Gasteiger partial charge < -0.3 is 4.74 Å². The van der Waals surface area contributed by atoms with Crippen LogP contribution in [0.5, 0.6) is 5.75 Å². The minimum atomic E-state index is 0.172. The van der Waals surface area contributed by atoms with Gasteiger partial charge in [-0.05, 0) is 17.0 Å². The topological polar surface area (TPSA) is 9.23 Å². The highest BCUT2D eigenvalue weighted by molar-refractivity contribution is 5.46. The monoisotopic (exact) mass is 204 g/mol. The van der Waals surface area contributed by atoms with E-state index in [2.05, 4.69) is 52.8 Å². The van der Waals surface area contributed by atoms with Gasteiger partial charge in [-0.3, -0.25) is 0 Å². The average molecular weight is 204 g/mol. The fourth-order valence-corrected chi connectivity index (χ4v) is 2.00. The molecule has 1 aromatic carbocycles. The van der Waals surface area contributed by atoms with Crippen molar-refractivity contribution in [2.24, 2.45) is 0 Å². The van der Waals surface area contributed by atoms with Crippen LogP contribution >= 0.6 is 0 Å². The average Bonchev–Trinajstić information content (AvgIpc) is 2.41. The predicted octanol–water partition coefficient (Wildman–Crippen LogP) is 3.65. The molecule has 0 atom stereocenters. The zero-order valence-electron chi connectivity index (χ0n) is 10.3. The quantitative estimate of drug-likeness (QED) is 0.626. The lowest BCUT2D eigenvalue weighted by Gasteiger charge is -2.20. The molecule has 0 saturated carbocycles. The van der Waals surface area contributed by atoms with Gasteiger partial charge in [-0.1, -0.05) is 46.8 Å². The van der Waals surface area contributed by atoms with Crippen LogP contribution in [0.2, 0.25) is 0 Å². The lowest BCUT2D eigenvalue weighted by atomic mass is 9.82. The van der Waals surface area contributed by atoms with E-state index in [1.807, 2.05) is 0 Å². The molecule has 0 spiro atoms. The van der Waals surface area contributed by atoms with E-state index < -0.39 is 0 Å². The van der Waals surface area contributed by atoms with Gasteiger partial charge >= 0.3 is 0 Å². The summed E-state index contributed by atoms with van der Waals surface area (Å²) in [6.07, 6.45) is 0. The van der Waals surface area contributed by atoms with Gasteiger partial charge in [-0.25, -0.2) is 0 Å². The zero-order valence-corrected chi connectivity index (χ0v) is 10.3. The third kappa shape index (κ3) is 1.75. The number of rotatable bonds is 0. The minimum Gasteiger partial charge on any atom is -0.492 e. The first kappa shape index (κ1) is 10.5.